The third kappa shape index (κ3) is 22.4. The fraction of sp³-hybridized carbons (Fsp3) is 1.00. The molecule has 6 heteroatoms. The molecule has 78 valence electrons. The number of hydrogen-bond donors (Lipinski definition) is 2. The van der Waals surface area contributed by atoms with E-state index in [9.17, 15) is 0 Å². The molecule has 0 spiro atoms. The van der Waals surface area contributed by atoms with Gasteiger partial charge < -0.3 is 9.79 Å². The molecular formula is C6H19ClO3P2. The van der Waals surface area contributed by atoms with E-state index in [0.717, 1.165) is 0 Å². The first-order chi connectivity index (χ1) is 5.08. The highest BCUT2D eigenvalue weighted by atomic mass is 35.5. The molecule has 0 saturated carbocycles. The molecule has 0 fully saturated rings. The van der Waals surface area contributed by atoms with Crippen molar-refractivity contribution < 1.29 is 14.4 Å². The Hall–Kier alpha value is 0.870. The zero-order chi connectivity index (χ0) is 9.28. The van der Waals surface area contributed by atoms with Crippen molar-refractivity contribution in [3.8, 4) is 0 Å². The lowest BCUT2D eigenvalue weighted by atomic mass is 10.9. The molecule has 0 bridgehead atoms. The van der Waals surface area contributed by atoms with Gasteiger partial charge >= 0.3 is 8.25 Å². The van der Waals surface area contributed by atoms with E-state index >= 15 is 0 Å². The van der Waals surface area contributed by atoms with Gasteiger partial charge in [0.2, 0.25) is 0 Å². The Morgan fingerprint density at radius 3 is 1.25 bits per heavy atom. The Morgan fingerprint density at radius 2 is 1.25 bits per heavy atom. The van der Waals surface area contributed by atoms with Crippen LogP contribution in [0.3, 0.4) is 0 Å². The maximum absolute atomic E-state index is 8.74. The Kier molecular flexibility index (Phi) is 22.3. The third-order valence-corrected chi connectivity index (χ3v) is 4.02. The van der Waals surface area contributed by atoms with Crippen molar-refractivity contribution in [2.45, 2.75) is 20.8 Å². The van der Waals surface area contributed by atoms with Crippen LogP contribution in [0.15, 0.2) is 0 Å². The minimum Gasteiger partial charge on any atom is -0.326 e. The highest BCUT2D eigenvalue weighted by Crippen LogP contribution is 2.32. The van der Waals surface area contributed by atoms with E-state index in [1.165, 1.54) is 18.5 Å². The molecule has 0 rings (SSSR count). The lowest BCUT2D eigenvalue weighted by molar-refractivity contribution is 0.405. The largest absolute Gasteiger partial charge is 0.326 e. The topological polar surface area (TPSA) is 57.5 Å². The molecule has 0 saturated heterocycles. The fourth-order valence-electron chi connectivity index (χ4n) is 0.671. The van der Waals surface area contributed by atoms with Gasteiger partial charge in [-0.2, -0.15) is 0 Å². The molecule has 0 aliphatic heterocycles. The third-order valence-electron chi connectivity index (χ3n) is 1.34. The predicted octanol–water partition coefficient (Wildman–Crippen LogP) is 2.31. The highest BCUT2D eigenvalue weighted by Gasteiger charge is 1.94. The van der Waals surface area contributed by atoms with Crippen LogP contribution in [-0.2, 0) is 4.57 Å². The van der Waals surface area contributed by atoms with Crippen LogP contribution < -0.4 is 0 Å². The molecule has 0 atom stereocenters. The van der Waals surface area contributed by atoms with Crippen molar-refractivity contribution in [1.82, 2.24) is 0 Å². The van der Waals surface area contributed by atoms with Gasteiger partial charge in [0.25, 0.3) is 0 Å². The highest BCUT2D eigenvalue weighted by molar-refractivity contribution is 7.57. The molecule has 0 aromatic heterocycles. The number of rotatable bonds is 3. The van der Waals surface area contributed by atoms with Crippen molar-refractivity contribution in [2.24, 2.45) is 0 Å². The molecule has 3 nitrogen and oxygen atoms in total. The summed E-state index contributed by atoms with van der Waals surface area (Å²) in [5, 5.41) is 0. The van der Waals surface area contributed by atoms with Crippen LogP contribution in [0, 0.1) is 0 Å². The molecule has 0 aromatic rings. The van der Waals surface area contributed by atoms with Crippen molar-refractivity contribution in [3.05, 3.63) is 0 Å². The predicted molar refractivity (Wildman–Crippen MR) is 59.2 cm³/mol. The fourth-order valence-corrected chi connectivity index (χ4v) is 2.01. The van der Waals surface area contributed by atoms with E-state index in [4.69, 9.17) is 14.4 Å². The van der Waals surface area contributed by atoms with E-state index in [1.54, 1.807) is 0 Å². The van der Waals surface area contributed by atoms with Gasteiger partial charge in [-0.25, -0.2) is 0 Å². The van der Waals surface area contributed by atoms with Crippen molar-refractivity contribution >= 4 is 28.6 Å². The zero-order valence-corrected chi connectivity index (χ0v) is 10.5. The smallest absolute Gasteiger partial charge is 0.314 e. The van der Waals surface area contributed by atoms with Crippen molar-refractivity contribution in [1.29, 1.82) is 0 Å². The van der Waals surface area contributed by atoms with Gasteiger partial charge in [-0.15, -0.1) is 20.3 Å². The summed E-state index contributed by atoms with van der Waals surface area (Å²) in [6.07, 6.45) is 4.26. The molecule has 0 aliphatic rings. The second-order valence-corrected chi connectivity index (χ2v) is 5.71. The Balaban J connectivity index is -0.000000142. The Bertz CT molecular complexity index is 89.3. The molecule has 0 unspecified atom stereocenters. The van der Waals surface area contributed by atoms with Crippen LogP contribution >= 0.6 is 28.6 Å². The lowest BCUT2D eigenvalue weighted by Gasteiger charge is -2.07. The Labute approximate surface area is 82.7 Å². The molecule has 0 aromatic carbocycles. The van der Waals surface area contributed by atoms with Gasteiger partial charge in [0, 0.05) is 0 Å². The first kappa shape index (κ1) is 18.6. The summed E-state index contributed by atoms with van der Waals surface area (Å²) >= 11 is 0. The van der Waals surface area contributed by atoms with E-state index in [1.807, 2.05) is 0 Å². The molecule has 0 heterocycles. The second-order valence-electron chi connectivity index (χ2n) is 1.90. The number of hydrogen-bond acceptors (Lipinski definition) is 1. The standard InChI is InChI=1S/C6H15P.ClH.H3O3P/c1-4-7(5-2)6-3;;1-4(2)3/h4-6H2,1-3H3;1H;4H,(H2,1,2,3). The van der Waals surface area contributed by atoms with Crippen molar-refractivity contribution in [3.63, 3.8) is 0 Å². The van der Waals surface area contributed by atoms with Gasteiger partial charge in [-0.05, 0) is 18.5 Å². The summed E-state index contributed by atoms with van der Waals surface area (Å²) in [6, 6.07) is 0. The van der Waals surface area contributed by atoms with Crippen LogP contribution in [-0.4, -0.2) is 28.3 Å². The van der Waals surface area contributed by atoms with Crippen molar-refractivity contribution in [2.75, 3.05) is 18.5 Å². The molecule has 0 radical (unpaired) electrons. The minimum absolute atomic E-state index is 0. The zero-order valence-electron chi connectivity index (χ0n) is 7.78. The Morgan fingerprint density at radius 1 is 1.08 bits per heavy atom. The molecule has 12 heavy (non-hydrogen) atoms. The SMILES string of the molecule is CCP(CC)CC.Cl.O=[PH](O)O. The maximum Gasteiger partial charge on any atom is 0.314 e. The first-order valence-electron chi connectivity index (χ1n) is 3.72. The van der Waals surface area contributed by atoms with Crippen LogP contribution in [0.4, 0.5) is 0 Å². The molecule has 0 amide bonds. The first-order valence-corrected chi connectivity index (χ1v) is 6.92. The lowest BCUT2D eigenvalue weighted by Crippen LogP contribution is -1.83. The van der Waals surface area contributed by atoms with Gasteiger partial charge in [0.15, 0.2) is 0 Å². The van der Waals surface area contributed by atoms with Crippen LogP contribution in [0.1, 0.15) is 20.8 Å². The second kappa shape index (κ2) is 14.4. The van der Waals surface area contributed by atoms with Crippen LogP contribution in [0.25, 0.3) is 0 Å². The average Bonchev–Trinajstić information content (AvgIpc) is 1.90. The summed E-state index contributed by atoms with van der Waals surface area (Å²) in [7, 11) is -2.68. The normalized spacial score (nSPS) is 8.92. The van der Waals surface area contributed by atoms with Crippen LogP contribution in [0.5, 0.6) is 0 Å². The summed E-state index contributed by atoms with van der Waals surface area (Å²) in [6.45, 7) is 6.87. The molecule has 0 aliphatic carbocycles. The van der Waals surface area contributed by atoms with Gasteiger partial charge in [0.05, 0.1) is 0 Å². The summed E-state index contributed by atoms with van der Waals surface area (Å²) < 4.78 is 8.74. The van der Waals surface area contributed by atoms with Gasteiger partial charge in [-0.1, -0.05) is 20.8 Å². The van der Waals surface area contributed by atoms with E-state index < -0.39 is 8.25 Å². The summed E-state index contributed by atoms with van der Waals surface area (Å²) in [5.74, 6) is 0. The maximum atomic E-state index is 8.74. The van der Waals surface area contributed by atoms with E-state index in [0.29, 0.717) is 7.92 Å². The average molecular weight is 237 g/mol. The van der Waals surface area contributed by atoms with Gasteiger partial charge in [0.1, 0.15) is 0 Å². The molecule has 2 N–H and O–H groups in total. The quantitative estimate of drug-likeness (QED) is 0.740. The molecular weight excluding hydrogens is 217 g/mol. The van der Waals surface area contributed by atoms with E-state index in [2.05, 4.69) is 20.8 Å². The summed E-state index contributed by atoms with van der Waals surface area (Å²) in [5.41, 5.74) is 0. The minimum atomic E-state index is -3.13. The van der Waals surface area contributed by atoms with Crippen LogP contribution in [0.2, 0.25) is 0 Å². The van der Waals surface area contributed by atoms with E-state index in [-0.39, 0.29) is 12.4 Å². The van der Waals surface area contributed by atoms with Gasteiger partial charge in [-0.3, -0.25) is 4.57 Å². The number of halogens is 1. The summed E-state index contributed by atoms with van der Waals surface area (Å²) in [4.78, 5) is 14.3. The monoisotopic (exact) mass is 236 g/mol.